The number of aryl methyl sites for hydroxylation is 1. The summed E-state index contributed by atoms with van der Waals surface area (Å²) in [6.45, 7) is 2.23. The molecule has 0 spiro atoms. The van der Waals surface area contributed by atoms with Gasteiger partial charge in [0.1, 0.15) is 5.84 Å². The monoisotopic (exact) mass is 316 g/mol. The number of carbonyl (C=O) groups excluding carboxylic acids is 2. The normalized spacial score (nSPS) is 21.4. The smallest absolute Gasteiger partial charge is 0.332 e. The Morgan fingerprint density at radius 1 is 1.18 bits per heavy atom. The molecular formula is C15H16N4O2S. The number of amides is 3. The van der Waals surface area contributed by atoms with Crippen molar-refractivity contribution in [3.05, 3.63) is 35.4 Å². The second-order valence-corrected chi connectivity index (χ2v) is 5.88. The van der Waals surface area contributed by atoms with Gasteiger partial charge in [0.2, 0.25) is 0 Å². The first-order valence-corrected chi connectivity index (χ1v) is 7.31. The third-order valence-corrected chi connectivity index (χ3v) is 4.35. The first kappa shape index (κ1) is 14.6. The first-order valence-electron chi connectivity index (χ1n) is 6.90. The lowest BCUT2D eigenvalue weighted by atomic mass is 10.1. The summed E-state index contributed by atoms with van der Waals surface area (Å²) in [5.74, 6) is 0.118. The standard InChI is InChI=1S/C15H16N4O2S/c1-9-4-6-10(7-5-9)8-19-13(20)11-12(18(3)15(19)21)16-14(22)17(11)2/h4-7,11H,8H2,1-3H3. The van der Waals surface area contributed by atoms with Crippen LogP contribution in [0.3, 0.4) is 0 Å². The van der Waals surface area contributed by atoms with Crippen LogP contribution >= 0.6 is 12.2 Å². The lowest BCUT2D eigenvalue weighted by Crippen LogP contribution is -2.62. The van der Waals surface area contributed by atoms with E-state index in [0.29, 0.717) is 10.9 Å². The van der Waals surface area contributed by atoms with Crippen LogP contribution in [0.1, 0.15) is 11.1 Å². The number of urea groups is 1. The predicted octanol–water partition coefficient (Wildman–Crippen LogP) is 1.39. The number of hydrogen-bond acceptors (Lipinski definition) is 3. The largest absolute Gasteiger partial charge is 0.332 e. The fourth-order valence-corrected chi connectivity index (χ4v) is 2.80. The van der Waals surface area contributed by atoms with Gasteiger partial charge < -0.3 is 4.90 Å². The number of hydrogen-bond donors (Lipinski definition) is 0. The van der Waals surface area contributed by atoms with Crippen molar-refractivity contribution in [2.24, 2.45) is 4.99 Å². The summed E-state index contributed by atoms with van der Waals surface area (Å²) < 4.78 is 0. The Morgan fingerprint density at radius 2 is 1.82 bits per heavy atom. The lowest BCUT2D eigenvalue weighted by Gasteiger charge is -2.37. The van der Waals surface area contributed by atoms with Gasteiger partial charge in [0, 0.05) is 14.1 Å². The van der Waals surface area contributed by atoms with Crippen molar-refractivity contribution in [1.29, 1.82) is 0 Å². The number of rotatable bonds is 2. The number of likely N-dealkylation sites (N-methyl/N-ethyl adjacent to an activating group) is 2. The maximum absolute atomic E-state index is 12.7. The number of benzene rings is 1. The second-order valence-electron chi connectivity index (χ2n) is 5.52. The molecule has 1 atom stereocenters. The number of amidine groups is 1. The SMILES string of the molecule is Cc1ccc(CN2C(=O)C3C(=NC(=S)N3C)N(C)C2=O)cc1. The molecule has 114 valence electrons. The highest BCUT2D eigenvalue weighted by atomic mass is 32.1. The molecule has 2 aliphatic rings. The zero-order chi connectivity index (χ0) is 16.0. The van der Waals surface area contributed by atoms with Crippen LogP contribution in [0, 0.1) is 6.92 Å². The molecule has 0 aliphatic carbocycles. The molecule has 1 unspecified atom stereocenters. The van der Waals surface area contributed by atoms with Crippen LogP contribution < -0.4 is 0 Å². The maximum Gasteiger partial charge on any atom is 0.332 e. The van der Waals surface area contributed by atoms with Gasteiger partial charge >= 0.3 is 6.03 Å². The van der Waals surface area contributed by atoms with Gasteiger partial charge in [-0.2, -0.15) is 0 Å². The Hall–Kier alpha value is -2.28. The van der Waals surface area contributed by atoms with Gasteiger partial charge in [-0.1, -0.05) is 29.8 Å². The van der Waals surface area contributed by atoms with Gasteiger partial charge in [0.15, 0.2) is 11.2 Å². The van der Waals surface area contributed by atoms with E-state index in [1.54, 1.807) is 19.0 Å². The molecule has 0 saturated carbocycles. The van der Waals surface area contributed by atoms with E-state index in [1.807, 2.05) is 31.2 Å². The molecule has 2 aliphatic heterocycles. The minimum absolute atomic E-state index is 0.243. The molecule has 6 nitrogen and oxygen atoms in total. The van der Waals surface area contributed by atoms with Crippen LogP contribution in [0.25, 0.3) is 0 Å². The molecule has 1 fully saturated rings. The highest BCUT2D eigenvalue weighted by Crippen LogP contribution is 2.23. The number of carbonyl (C=O) groups is 2. The molecule has 22 heavy (non-hydrogen) atoms. The summed E-state index contributed by atoms with van der Waals surface area (Å²) in [6, 6.07) is 6.77. The summed E-state index contributed by atoms with van der Waals surface area (Å²) in [5.41, 5.74) is 2.04. The van der Waals surface area contributed by atoms with Crippen LogP contribution in [0.15, 0.2) is 29.3 Å². The second kappa shape index (κ2) is 5.17. The molecule has 1 aromatic rings. The highest BCUT2D eigenvalue weighted by molar-refractivity contribution is 7.80. The van der Waals surface area contributed by atoms with Crippen molar-refractivity contribution < 1.29 is 9.59 Å². The molecule has 2 heterocycles. The van der Waals surface area contributed by atoms with Crippen molar-refractivity contribution >= 4 is 35.1 Å². The topological polar surface area (TPSA) is 56.2 Å². The Balaban J connectivity index is 1.91. The predicted molar refractivity (Wildman–Crippen MR) is 86.5 cm³/mol. The van der Waals surface area contributed by atoms with E-state index >= 15 is 0 Å². The van der Waals surface area contributed by atoms with E-state index in [4.69, 9.17) is 12.2 Å². The summed E-state index contributed by atoms with van der Waals surface area (Å²) in [7, 11) is 3.33. The van der Waals surface area contributed by atoms with Gasteiger partial charge in [-0.3, -0.25) is 14.6 Å². The van der Waals surface area contributed by atoms with E-state index in [1.165, 1.54) is 9.80 Å². The first-order chi connectivity index (χ1) is 10.4. The number of aliphatic imine (C=N–C) groups is 1. The Bertz CT molecular complexity index is 698. The van der Waals surface area contributed by atoms with Crippen LogP contribution in [0.4, 0.5) is 4.79 Å². The third kappa shape index (κ3) is 2.18. The number of thiocarbonyl (C=S) groups is 1. The number of fused-ring (bicyclic) bond motifs is 1. The molecule has 3 rings (SSSR count). The third-order valence-electron chi connectivity index (χ3n) is 3.97. The highest BCUT2D eigenvalue weighted by Gasteiger charge is 2.48. The van der Waals surface area contributed by atoms with E-state index in [0.717, 1.165) is 11.1 Å². The van der Waals surface area contributed by atoms with Gasteiger partial charge in [0.05, 0.1) is 6.54 Å². The van der Waals surface area contributed by atoms with Crippen molar-refractivity contribution in [2.45, 2.75) is 19.5 Å². The van der Waals surface area contributed by atoms with Gasteiger partial charge in [-0.15, -0.1) is 0 Å². The Kier molecular flexibility index (Phi) is 3.44. The molecule has 7 heteroatoms. The Labute approximate surface area is 134 Å². The quantitative estimate of drug-likeness (QED) is 0.774. The zero-order valence-electron chi connectivity index (χ0n) is 12.6. The summed E-state index contributed by atoms with van der Waals surface area (Å²) >= 11 is 5.11. The van der Waals surface area contributed by atoms with E-state index < -0.39 is 6.04 Å². The molecule has 0 N–H and O–H groups in total. The van der Waals surface area contributed by atoms with Crippen LogP contribution in [-0.4, -0.2) is 57.7 Å². The average molecular weight is 316 g/mol. The van der Waals surface area contributed by atoms with Crippen molar-refractivity contribution in [3.8, 4) is 0 Å². The molecule has 0 bridgehead atoms. The molecule has 1 aromatic carbocycles. The van der Waals surface area contributed by atoms with Crippen LogP contribution in [0.2, 0.25) is 0 Å². The van der Waals surface area contributed by atoms with Crippen LogP contribution in [0.5, 0.6) is 0 Å². The maximum atomic E-state index is 12.7. The Morgan fingerprint density at radius 3 is 2.45 bits per heavy atom. The fourth-order valence-electron chi connectivity index (χ4n) is 2.60. The molecular weight excluding hydrogens is 300 g/mol. The van der Waals surface area contributed by atoms with Crippen molar-refractivity contribution in [1.82, 2.24) is 14.7 Å². The summed E-state index contributed by atoms with van der Waals surface area (Å²) in [5, 5.41) is 0.324. The molecule has 3 amide bonds. The molecule has 0 radical (unpaired) electrons. The average Bonchev–Trinajstić information content (AvgIpc) is 2.79. The van der Waals surface area contributed by atoms with Gasteiger partial charge in [0.25, 0.3) is 5.91 Å². The van der Waals surface area contributed by atoms with Gasteiger partial charge in [-0.05, 0) is 24.7 Å². The fraction of sp³-hybridized carbons (Fsp3) is 0.333. The number of nitrogens with zero attached hydrogens (tertiary/aromatic N) is 4. The summed E-state index contributed by atoms with van der Waals surface area (Å²) in [4.78, 5) is 33.6. The van der Waals surface area contributed by atoms with E-state index in [2.05, 4.69) is 4.99 Å². The van der Waals surface area contributed by atoms with Crippen LogP contribution in [-0.2, 0) is 11.3 Å². The molecule has 0 aromatic heterocycles. The molecule has 1 saturated heterocycles. The number of imide groups is 1. The van der Waals surface area contributed by atoms with Gasteiger partial charge in [-0.25, -0.2) is 9.79 Å². The lowest BCUT2D eigenvalue weighted by molar-refractivity contribution is -0.132. The van der Waals surface area contributed by atoms with Crippen molar-refractivity contribution in [3.63, 3.8) is 0 Å². The van der Waals surface area contributed by atoms with E-state index in [-0.39, 0.29) is 18.5 Å². The van der Waals surface area contributed by atoms with Crippen molar-refractivity contribution in [2.75, 3.05) is 14.1 Å². The zero-order valence-corrected chi connectivity index (χ0v) is 13.4. The van der Waals surface area contributed by atoms with E-state index in [9.17, 15) is 9.59 Å². The minimum Gasteiger partial charge on any atom is -0.332 e. The summed E-state index contributed by atoms with van der Waals surface area (Å²) in [6.07, 6.45) is 0. The minimum atomic E-state index is -0.611.